The molecule has 0 bridgehead atoms. The number of methoxy groups -OCH3 is 2. The summed E-state index contributed by atoms with van der Waals surface area (Å²) in [7, 11) is 3.31. The average molecular weight is 481 g/mol. The molecule has 1 amide bonds. The topological polar surface area (TPSA) is 102 Å². The van der Waals surface area contributed by atoms with E-state index in [2.05, 4.69) is 25.3 Å². The zero-order valence-electron chi connectivity index (χ0n) is 19.4. The number of carbonyl (C=O) groups is 1. The van der Waals surface area contributed by atoms with Crippen molar-refractivity contribution < 1.29 is 14.3 Å². The molecular weight excluding hydrogens is 452 g/mol. The molecule has 3 aromatic rings. The van der Waals surface area contributed by atoms with Gasteiger partial charge in [0, 0.05) is 61.6 Å². The molecule has 0 spiro atoms. The fourth-order valence-corrected chi connectivity index (χ4v) is 5.86. The van der Waals surface area contributed by atoms with Crippen LogP contribution in [0, 0.1) is 5.92 Å². The molecule has 1 aliphatic heterocycles. The number of pyridine rings is 1. The number of rotatable bonds is 9. The Bertz CT molecular complexity index is 1220. The van der Waals surface area contributed by atoms with Gasteiger partial charge in [-0.2, -0.15) is 0 Å². The minimum atomic E-state index is -0.0451. The lowest BCUT2D eigenvalue weighted by molar-refractivity contribution is -0.137. The van der Waals surface area contributed by atoms with E-state index in [0.717, 1.165) is 52.2 Å². The number of thiophene rings is 1. The van der Waals surface area contributed by atoms with Crippen LogP contribution in [-0.4, -0.2) is 72.5 Å². The molecule has 1 N–H and O–H groups in total. The summed E-state index contributed by atoms with van der Waals surface area (Å²) in [5.74, 6) is 1.63. The Morgan fingerprint density at radius 3 is 2.82 bits per heavy atom. The van der Waals surface area contributed by atoms with Crippen LogP contribution in [0.2, 0.25) is 0 Å². The third-order valence-corrected chi connectivity index (χ3v) is 7.56. The number of aryl methyl sites for hydroxylation is 1. The lowest BCUT2D eigenvalue weighted by atomic mass is 9.87. The van der Waals surface area contributed by atoms with Gasteiger partial charge in [-0.15, -0.1) is 11.3 Å². The van der Waals surface area contributed by atoms with E-state index in [1.54, 1.807) is 31.9 Å². The maximum Gasteiger partial charge on any atom is 0.226 e. The van der Waals surface area contributed by atoms with Gasteiger partial charge in [0.15, 0.2) is 0 Å². The molecule has 1 aliphatic carbocycles. The molecule has 1 atom stereocenters. The SMILES string of the molecule is COCCN(CCOC)C(=O)[C@H]1CCc2c(sc3ncnc(Nc4cc5c(cn4)CN=C5)c23)C1. The number of nitrogens with zero attached hydrogens (tertiary/aromatic N) is 5. The minimum Gasteiger partial charge on any atom is -0.383 e. The smallest absolute Gasteiger partial charge is 0.226 e. The highest BCUT2D eigenvalue weighted by molar-refractivity contribution is 7.19. The summed E-state index contributed by atoms with van der Waals surface area (Å²) in [5.41, 5.74) is 3.46. The molecule has 5 rings (SSSR count). The molecule has 2 aliphatic rings. The van der Waals surface area contributed by atoms with Gasteiger partial charge in [-0.25, -0.2) is 15.0 Å². The first-order valence-corrected chi connectivity index (χ1v) is 12.3. The largest absolute Gasteiger partial charge is 0.383 e. The highest BCUT2D eigenvalue weighted by Gasteiger charge is 2.31. The van der Waals surface area contributed by atoms with Crippen LogP contribution in [-0.2, 0) is 33.7 Å². The maximum absolute atomic E-state index is 13.3. The van der Waals surface area contributed by atoms with Crippen LogP contribution in [0.4, 0.5) is 11.6 Å². The Hall–Kier alpha value is -2.95. The van der Waals surface area contributed by atoms with Gasteiger partial charge in [0.05, 0.1) is 25.1 Å². The Balaban J connectivity index is 1.38. The van der Waals surface area contributed by atoms with Gasteiger partial charge < -0.3 is 19.7 Å². The highest BCUT2D eigenvalue weighted by Crippen LogP contribution is 2.40. The van der Waals surface area contributed by atoms with Crippen molar-refractivity contribution in [3.63, 3.8) is 0 Å². The van der Waals surface area contributed by atoms with E-state index in [1.807, 2.05) is 23.4 Å². The summed E-state index contributed by atoms with van der Waals surface area (Å²) in [4.78, 5) is 35.2. The van der Waals surface area contributed by atoms with Crippen molar-refractivity contribution in [1.82, 2.24) is 19.9 Å². The van der Waals surface area contributed by atoms with Crippen LogP contribution in [0.15, 0.2) is 23.6 Å². The third kappa shape index (κ3) is 4.53. The number of anilines is 2. The number of hydrogen-bond acceptors (Lipinski definition) is 9. The molecule has 0 saturated heterocycles. The van der Waals surface area contributed by atoms with E-state index in [-0.39, 0.29) is 11.8 Å². The summed E-state index contributed by atoms with van der Waals surface area (Å²) in [6.07, 6.45) is 7.67. The molecule has 3 aromatic heterocycles. The number of hydrogen-bond donors (Lipinski definition) is 1. The summed E-state index contributed by atoms with van der Waals surface area (Å²) in [6, 6.07) is 2.00. The predicted octanol–water partition coefficient (Wildman–Crippen LogP) is 2.99. The first-order valence-electron chi connectivity index (χ1n) is 11.5. The van der Waals surface area contributed by atoms with E-state index < -0.39 is 0 Å². The summed E-state index contributed by atoms with van der Waals surface area (Å²) < 4.78 is 10.4. The van der Waals surface area contributed by atoms with Gasteiger partial charge in [0.1, 0.15) is 22.8 Å². The van der Waals surface area contributed by atoms with Crippen molar-refractivity contribution in [1.29, 1.82) is 0 Å². The number of nitrogens with one attached hydrogen (secondary N) is 1. The summed E-state index contributed by atoms with van der Waals surface area (Å²) in [6.45, 7) is 2.87. The van der Waals surface area contributed by atoms with Crippen molar-refractivity contribution in [3.05, 3.63) is 40.2 Å². The lowest BCUT2D eigenvalue weighted by Gasteiger charge is -2.29. The maximum atomic E-state index is 13.3. The van der Waals surface area contributed by atoms with Crippen molar-refractivity contribution in [3.8, 4) is 0 Å². The second-order valence-corrected chi connectivity index (χ2v) is 9.60. The Morgan fingerprint density at radius 2 is 2.03 bits per heavy atom. The standard InChI is InChI=1S/C24H28N6O3S/c1-32-7-5-30(6-8-33-2)24(31)15-3-4-18-19(9-15)34-23-21(18)22(27-14-28-23)29-20-10-16-11-25-12-17(16)13-26-20/h10-11,13-15H,3-9,12H2,1-2H3,(H,26,27,28,29)/t15-/m0/s1. The van der Waals surface area contributed by atoms with Crippen LogP contribution < -0.4 is 5.32 Å². The number of fused-ring (bicyclic) bond motifs is 4. The fraction of sp³-hybridized carbons (Fsp3) is 0.458. The van der Waals surface area contributed by atoms with Gasteiger partial charge >= 0.3 is 0 Å². The van der Waals surface area contributed by atoms with Gasteiger partial charge in [0.2, 0.25) is 5.91 Å². The molecule has 34 heavy (non-hydrogen) atoms. The molecule has 9 nitrogen and oxygen atoms in total. The summed E-state index contributed by atoms with van der Waals surface area (Å²) >= 11 is 1.66. The molecule has 0 saturated carbocycles. The van der Waals surface area contributed by atoms with Gasteiger partial charge in [0.25, 0.3) is 0 Å². The lowest BCUT2D eigenvalue weighted by Crippen LogP contribution is -2.41. The van der Waals surface area contributed by atoms with Gasteiger partial charge in [-0.1, -0.05) is 0 Å². The Morgan fingerprint density at radius 1 is 1.21 bits per heavy atom. The van der Waals surface area contributed by atoms with Crippen molar-refractivity contribution >= 4 is 45.3 Å². The molecular formula is C24H28N6O3S. The van der Waals surface area contributed by atoms with Gasteiger partial charge in [-0.05, 0) is 30.9 Å². The van der Waals surface area contributed by atoms with Crippen LogP contribution in [0.3, 0.4) is 0 Å². The van der Waals surface area contributed by atoms with E-state index in [4.69, 9.17) is 9.47 Å². The average Bonchev–Trinajstić information content (AvgIpc) is 3.47. The van der Waals surface area contributed by atoms with E-state index >= 15 is 0 Å². The first-order chi connectivity index (χ1) is 16.7. The van der Waals surface area contributed by atoms with Crippen LogP contribution >= 0.6 is 11.3 Å². The number of aromatic nitrogens is 3. The highest BCUT2D eigenvalue weighted by atomic mass is 32.1. The zero-order valence-corrected chi connectivity index (χ0v) is 20.2. The normalized spacial score (nSPS) is 16.5. The molecule has 178 valence electrons. The van der Waals surface area contributed by atoms with Crippen LogP contribution in [0.25, 0.3) is 10.2 Å². The number of amides is 1. The van der Waals surface area contributed by atoms with Crippen molar-refractivity contribution in [2.45, 2.75) is 25.8 Å². The third-order valence-electron chi connectivity index (χ3n) is 6.40. The molecule has 10 heteroatoms. The molecule has 0 radical (unpaired) electrons. The van der Waals surface area contributed by atoms with Gasteiger partial charge in [-0.3, -0.25) is 9.79 Å². The van der Waals surface area contributed by atoms with Crippen LogP contribution in [0.1, 0.15) is 28.0 Å². The van der Waals surface area contributed by atoms with Crippen LogP contribution in [0.5, 0.6) is 0 Å². The van der Waals surface area contributed by atoms with E-state index in [1.165, 1.54) is 10.4 Å². The van der Waals surface area contributed by atoms with E-state index in [0.29, 0.717) is 32.8 Å². The summed E-state index contributed by atoms with van der Waals surface area (Å²) in [5, 5.41) is 4.43. The van der Waals surface area contributed by atoms with Crippen molar-refractivity contribution in [2.75, 3.05) is 45.8 Å². The quantitative estimate of drug-likeness (QED) is 0.502. The predicted molar refractivity (Wildman–Crippen MR) is 132 cm³/mol. The fourth-order valence-electron chi connectivity index (χ4n) is 4.59. The molecule has 0 aromatic carbocycles. The number of aliphatic imine (C=N–C) groups is 1. The monoisotopic (exact) mass is 480 g/mol. The number of ether oxygens (including phenoxy) is 2. The second kappa shape index (κ2) is 10.1. The molecule has 4 heterocycles. The zero-order chi connectivity index (χ0) is 23.5. The first kappa shape index (κ1) is 22.8. The minimum absolute atomic E-state index is 0.0451. The Labute approximate surface area is 202 Å². The van der Waals surface area contributed by atoms with Crippen molar-refractivity contribution in [2.24, 2.45) is 10.9 Å². The number of carbonyl (C=O) groups excluding carboxylic acids is 1. The molecule has 0 unspecified atom stereocenters. The van der Waals surface area contributed by atoms with E-state index in [9.17, 15) is 4.79 Å². The molecule has 0 fully saturated rings. The second-order valence-electron chi connectivity index (χ2n) is 8.52. The Kier molecular flexibility index (Phi) is 6.80.